The van der Waals surface area contributed by atoms with Crippen LogP contribution in [0.5, 0.6) is 0 Å². The lowest BCUT2D eigenvalue weighted by atomic mass is 9.76. The van der Waals surface area contributed by atoms with Crippen LogP contribution in [0.4, 0.5) is 10.1 Å². The normalized spacial score (nSPS) is 34.0. The molecule has 2 fully saturated rings. The van der Waals surface area contributed by atoms with Crippen LogP contribution in [0, 0.1) is 17.7 Å². The molecule has 3 aliphatic heterocycles. The Hall–Kier alpha value is -2.32. The quantitative estimate of drug-likeness (QED) is 0.677. The van der Waals surface area contributed by atoms with Gasteiger partial charge in [-0.2, -0.15) is 0 Å². The van der Waals surface area contributed by atoms with Crippen molar-refractivity contribution in [2.24, 2.45) is 11.8 Å². The van der Waals surface area contributed by atoms with E-state index in [0.717, 1.165) is 0 Å². The Morgan fingerprint density at radius 1 is 1.26 bits per heavy atom. The third-order valence-electron chi connectivity index (χ3n) is 6.20. The molecule has 6 atom stereocenters. The molecule has 27 heavy (non-hydrogen) atoms. The van der Waals surface area contributed by atoms with Gasteiger partial charge in [0.25, 0.3) is 0 Å². The minimum Gasteiger partial charge on any atom is -0.392 e. The van der Waals surface area contributed by atoms with Gasteiger partial charge in [-0.1, -0.05) is 6.92 Å². The number of hydrogen-bond acceptors (Lipinski definition) is 5. The molecule has 3 aliphatic rings. The second-order valence-corrected chi connectivity index (χ2v) is 7.67. The first kappa shape index (κ1) is 18.1. The van der Waals surface area contributed by atoms with Crippen LogP contribution in [0.3, 0.4) is 0 Å². The highest BCUT2D eigenvalue weighted by atomic mass is 19.1. The summed E-state index contributed by atoms with van der Waals surface area (Å²) in [6.45, 7) is 5.15. The number of halogens is 1. The molecule has 3 N–H and O–H groups in total. The first-order valence-corrected chi connectivity index (χ1v) is 9.18. The molecule has 1 spiro atoms. The maximum atomic E-state index is 14.0. The van der Waals surface area contributed by atoms with Crippen LogP contribution >= 0.6 is 0 Å². The first-order valence-electron chi connectivity index (χ1n) is 9.18. The van der Waals surface area contributed by atoms with Crippen LogP contribution in [-0.4, -0.2) is 45.9 Å². The Labute approximate surface area is 155 Å². The number of carbonyl (C=O) groups excluding carboxylic acids is 3. The van der Waals surface area contributed by atoms with E-state index < -0.39 is 53.1 Å². The number of carbonyl (C=O) groups is 3. The molecule has 0 saturated carbocycles. The summed E-state index contributed by atoms with van der Waals surface area (Å²) in [4.78, 5) is 40.6. The van der Waals surface area contributed by atoms with Crippen LogP contribution in [0.1, 0.15) is 32.8 Å². The minimum atomic E-state index is -1.57. The molecule has 1 aromatic carbocycles. The lowest BCUT2D eigenvalue weighted by Crippen LogP contribution is -2.55. The fourth-order valence-corrected chi connectivity index (χ4v) is 4.76. The van der Waals surface area contributed by atoms with E-state index in [9.17, 15) is 23.9 Å². The van der Waals surface area contributed by atoms with Crippen molar-refractivity contribution < 1.29 is 23.9 Å². The maximum Gasteiger partial charge on any atom is 0.250 e. The average Bonchev–Trinajstić information content (AvgIpc) is 3.20. The summed E-state index contributed by atoms with van der Waals surface area (Å²) in [5.74, 6) is -3.81. The number of fused-ring (bicyclic) bond motifs is 4. The van der Waals surface area contributed by atoms with Crippen molar-refractivity contribution in [3.8, 4) is 0 Å². The number of anilines is 1. The maximum absolute atomic E-state index is 14.0. The van der Waals surface area contributed by atoms with Gasteiger partial charge < -0.3 is 10.4 Å². The van der Waals surface area contributed by atoms with E-state index >= 15 is 0 Å². The van der Waals surface area contributed by atoms with E-state index in [4.69, 9.17) is 0 Å². The molecule has 8 heteroatoms. The monoisotopic (exact) mass is 375 g/mol. The second kappa shape index (κ2) is 5.84. The van der Waals surface area contributed by atoms with E-state index in [1.807, 2.05) is 6.92 Å². The molecule has 3 heterocycles. The molecular formula is C19H22FN3O4. The average molecular weight is 375 g/mol. The summed E-state index contributed by atoms with van der Waals surface area (Å²) >= 11 is 0. The SMILES string of the molecule is CC[C@H](C)N1C(=O)[C@@H]2[C@@H]([C@@H](C)O)N[C@]3(C(=O)Nc4ccc(F)cc43)[C@@H]2C1=O. The predicted octanol–water partition coefficient (Wildman–Crippen LogP) is 0.725. The van der Waals surface area contributed by atoms with E-state index in [1.165, 1.54) is 30.0 Å². The van der Waals surface area contributed by atoms with Crippen LogP contribution < -0.4 is 10.6 Å². The lowest BCUT2D eigenvalue weighted by molar-refractivity contribution is -0.145. The third-order valence-corrected chi connectivity index (χ3v) is 6.20. The highest BCUT2D eigenvalue weighted by molar-refractivity contribution is 6.15. The fraction of sp³-hybridized carbons (Fsp3) is 0.526. The number of nitrogens with one attached hydrogen (secondary N) is 2. The van der Waals surface area contributed by atoms with E-state index in [-0.39, 0.29) is 6.04 Å². The molecule has 4 rings (SSSR count). The van der Waals surface area contributed by atoms with Crippen molar-refractivity contribution in [2.75, 3.05) is 5.32 Å². The zero-order valence-corrected chi connectivity index (χ0v) is 15.3. The number of aliphatic hydroxyl groups is 1. The van der Waals surface area contributed by atoms with Gasteiger partial charge in [-0.3, -0.25) is 24.6 Å². The number of imide groups is 1. The number of rotatable bonds is 3. The van der Waals surface area contributed by atoms with Crippen LogP contribution in [0.2, 0.25) is 0 Å². The van der Waals surface area contributed by atoms with Gasteiger partial charge in [0.05, 0.1) is 17.9 Å². The molecule has 0 unspecified atom stereocenters. The van der Waals surface area contributed by atoms with Gasteiger partial charge >= 0.3 is 0 Å². The third kappa shape index (κ3) is 2.17. The van der Waals surface area contributed by atoms with Gasteiger partial charge in [-0.25, -0.2) is 4.39 Å². The van der Waals surface area contributed by atoms with Crippen molar-refractivity contribution in [3.63, 3.8) is 0 Å². The Morgan fingerprint density at radius 3 is 2.59 bits per heavy atom. The number of benzene rings is 1. The second-order valence-electron chi connectivity index (χ2n) is 7.67. The Balaban J connectivity index is 1.92. The molecule has 0 aliphatic carbocycles. The van der Waals surface area contributed by atoms with Crippen molar-refractivity contribution in [1.29, 1.82) is 0 Å². The summed E-state index contributed by atoms with van der Waals surface area (Å²) < 4.78 is 14.0. The van der Waals surface area contributed by atoms with Gasteiger partial charge in [0, 0.05) is 23.3 Å². The molecule has 1 aromatic rings. The Bertz CT molecular complexity index is 857. The van der Waals surface area contributed by atoms with Gasteiger partial charge in [0.15, 0.2) is 0 Å². The predicted molar refractivity (Wildman–Crippen MR) is 93.9 cm³/mol. The summed E-state index contributed by atoms with van der Waals surface area (Å²) in [6, 6.07) is 2.77. The number of aliphatic hydroxyl groups excluding tert-OH is 1. The van der Waals surface area contributed by atoms with Crippen molar-refractivity contribution in [1.82, 2.24) is 10.2 Å². The number of likely N-dealkylation sites (tertiary alicyclic amines) is 1. The Morgan fingerprint density at radius 2 is 1.96 bits per heavy atom. The smallest absolute Gasteiger partial charge is 0.250 e. The highest BCUT2D eigenvalue weighted by Gasteiger charge is 2.71. The largest absolute Gasteiger partial charge is 0.392 e. The summed E-state index contributed by atoms with van der Waals surface area (Å²) in [5.41, 5.74) is -0.863. The topological polar surface area (TPSA) is 98.7 Å². The van der Waals surface area contributed by atoms with Gasteiger partial charge in [0.1, 0.15) is 11.4 Å². The minimum absolute atomic E-state index is 0.304. The number of hydrogen-bond donors (Lipinski definition) is 3. The zero-order chi connectivity index (χ0) is 19.7. The van der Waals surface area contributed by atoms with E-state index in [0.29, 0.717) is 17.7 Å². The molecule has 0 bridgehead atoms. The Kier molecular flexibility index (Phi) is 3.91. The number of nitrogens with zero attached hydrogens (tertiary/aromatic N) is 1. The molecular weight excluding hydrogens is 353 g/mol. The van der Waals surface area contributed by atoms with Gasteiger partial charge in [0.2, 0.25) is 17.7 Å². The van der Waals surface area contributed by atoms with Crippen molar-refractivity contribution in [2.45, 2.75) is 50.9 Å². The first-order chi connectivity index (χ1) is 12.7. The van der Waals surface area contributed by atoms with Gasteiger partial charge in [-0.15, -0.1) is 0 Å². The molecule has 7 nitrogen and oxygen atoms in total. The van der Waals surface area contributed by atoms with Crippen molar-refractivity contribution in [3.05, 3.63) is 29.6 Å². The van der Waals surface area contributed by atoms with Crippen LogP contribution in [-0.2, 0) is 19.9 Å². The van der Waals surface area contributed by atoms with Crippen LogP contribution in [0.25, 0.3) is 0 Å². The molecule has 144 valence electrons. The summed E-state index contributed by atoms with van der Waals surface area (Å²) in [6.07, 6.45) is -0.399. The zero-order valence-electron chi connectivity index (χ0n) is 15.3. The lowest BCUT2D eigenvalue weighted by Gasteiger charge is -2.31. The molecule has 3 amide bonds. The molecule has 0 aromatic heterocycles. The highest BCUT2D eigenvalue weighted by Crippen LogP contribution is 2.53. The van der Waals surface area contributed by atoms with Gasteiger partial charge in [-0.05, 0) is 38.5 Å². The summed E-state index contributed by atoms with van der Waals surface area (Å²) in [5, 5.41) is 16.0. The molecule has 2 saturated heterocycles. The van der Waals surface area contributed by atoms with Crippen molar-refractivity contribution >= 4 is 23.4 Å². The van der Waals surface area contributed by atoms with Crippen LogP contribution in [0.15, 0.2) is 18.2 Å². The van der Waals surface area contributed by atoms with E-state index in [2.05, 4.69) is 10.6 Å². The fourth-order valence-electron chi connectivity index (χ4n) is 4.76. The standard InChI is InChI=1S/C19H22FN3O4/c1-4-8(2)23-16(25)13-14(17(23)26)19(22-15(13)9(3)24)11-7-10(20)5-6-12(11)21-18(19)27/h5-9,13-15,22,24H,4H2,1-3H3,(H,21,27)/t8-,9+,13-,14-,15+,19-/m0/s1. The van der Waals surface area contributed by atoms with E-state index in [1.54, 1.807) is 6.92 Å². The summed E-state index contributed by atoms with van der Waals surface area (Å²) in [7, 11) is 0. The number of amides is 3. The molecule has 0 radical (unpaired) electrons.